The molecule has 1 unspecified atom stereocenters. The Balaban J connectivity index is 3.58. The second-order valence-corrected chi connectivity index (χ2v) is 6.30. The normalized spacial score (nSPS) is 14.8. The first-order chi connectivity index (χ1) is 5.81. The Hall–Kier alpha value is -0.0900. The summed E-state index contributed by atoms with van der Waals surface area (Å²) in [6.45, 7) is 4.17. The SMILES string of the molecule is CC(C)CCC(O)CCS(C)(=O)=O. The van der Waals surface area contributed by atoms with Crippen LogP contribution in [0.25, 0.3) is 0 Å². The van der Waals surface area contributed by atoms with E-state index in [1.54, 1.807) is 0 Å². The Morgan fingerprint density at radius 3 is 2.08 bits per heavy atom. The van der Waals surface area contributed by atoms with Gasteiger partial charge in [0.25, 0.3) is 0 Å². The van der Waals surface area contributed by atoms with E-state index in [2.05, 4.69) is 13.8 Å². The zero-order chi connectivity index (χ0) is 10.5. The Morgan fingerprint density at radius 1 is 1.15 bits per heavy atom. The van der Waals surface area contributed by atoms with Gasteiger partial charge in [-0.3, -0.25) is 0 Å². The van der Waals surface area contributed by atoms with Gasteiger partial charge >= 0.3 is 0 Å². The first kappa shape index (κ1) is 12.9. The van der Waals surface area contributed by atoms with E-state index in [0.717, 1.165) is 6.42 Å². The van der Waals surface area contributed by atoms with Crippen LogP contribution in [-0.2, 0) is 9.84 Å². The van der Waals surface area contributed by atoms with E-state index in [9.17, 15) is 13.5 Å². The predicted molar refractivity (Wildman–Crippen MR) is 54.4 cm³/mol. The van der Waals surface area contributed by atoms with Gasteiger partial charge in [-0.15, -0.1) is 0 Å². The summed E-state index contributed by atoms with van der Waals surface area (Å²) in [5.74, 6) is 0.652. The summed E-state index contributed by atoms with van der Waals surface area (Å²) in [6.07, 6.45) is 2.75. The minimum absolute atomic E-state index is 0.0895. The van der Waals surface area contributed by atoms with Gasteiger partial charge in [0.05, 0.1) is 11.9 Å². The highest BCUT2D eigenvalue weighted by molar-refractivity contribution is 7.90. The van der Waals surface area contributed by atoms with Crippen LogP contribution >= 0.6 is 0 Å². The lowest BCUT2D eigenvalue weighted by Gasteiger charge is -2.10. The van der Waals surface area contributed by atoms with Crippen molar-refractivity contribution >= 4 is 9.84 Å². The van der Waals surface area contributed by atoms with Crippen molar-refractivity contribution in [3.8, 4) is 0 Å². The maximum absolute atomic E-state index is 10.8. The molecule has 3 nitrogen and oxygen atoms in total. The quantitative estimate of drug-likeness (QED) is 0.714. The van der Waals surface area contributed by atoms with Gasteiger partial charge in [0.2, 0.25) is 0 Å². The molecule has 0 saturated carbocycles. The standard InChI is InChI=1S/C9H20O3S/c1-8(2)4-5-9(10)6-7-13(3,11)12/h8-10H,4-7H2,1-3H3. The summed E-state index contributed by atoms with van der Waals surface area (Å²) in [7, 11) is -2.92. The van der Waals surface area contributed by atoms with Crippen molar-refractivity contribution in [1.82, 2.24) is 0 Å². The van der Waals surface area contributed by atoms with Crippen LogP contribution in [-0.4, -0.2) is 31.6 Å². The molecule has 0 aromatic heterocycles. The highest BCUT2D eigenvalue weighted by Gasteiger charge is 2.09. The van der Waals surface area contributed by atoms with Gasteiger partial charge in [0, 0.05) is 6.26 Å². The van der Waals surface area contributed by atoms with Crippen LogP contribution in [0.5, 0.6) is 0 Å². The van der Waals surface area contributed by atoms with Gasteiger partial charge in [0.15, 0.2) is 0 Å². The lowest BCUT2D eigenvalue weighted by Crippen LogP contribution is -2.14. The van der Waals surface area contributed by atoms with Crippen LogP contribution < -0.4 is 0 Å². The molecule has 0 aromatic carbocycles. The largest absolute Gasteiger partial charge is 0.393 e. The van der Waals surface area contributed by atoms with Crippen LogP contribution in [0.4, 0.5) is 0 Å². The summed E-state index contributed by atoms with van der Waals surface area (Å²) < 4.78 is 21.5. The first-order valence-corrected chi connectivity index (χ1v) is 6.73. The molecule has 0 aliphatic carbocycles. The molecule has 1 atom stereocenters. The highest BCUT2D eigenvalue weighted by Crippen LogP contribution is 2.09. The third-order valence-electron chi connectivity index (χ3n) is 1.90. The van der Waals surface area contributed by atoms with Gasteiger partial charge in [-0.2, -0.15) is 0 Å². The zero-order valence-corrected chi connectivity index (χ0v) is 9.47. The summed E-state index contributed by atoms with van der Waals surface area (Å²) in [5, 5.41) is 9.40. The van der Waals surface area contributed by atoms with Crippen molar-refractivity contribution in [3.63, 3.8) is 0 Å². The molecule has 0 rings (SSSR count). The van der Waals surface area contributed by atoms with Crippen molar-refractivity contribution in [2.45, 2.75) is 39.2 Å². The Kier molecular flexibility index (Phi) is 5.56. The topological polar surface area (TPSA) is 54.4 Å². The predicted octanol–water partition coefficient (Wildman–Crippen LogP) is 1.22. The fourth-order valence-corrected chi connectivity index (χ4v) is 1.72. The van der Waals surface area contributed by atoms with E-state index >= 15 is 0 Å². The number of hydrogen-bond acceptors (Lipinski definition) is 3. The van der Waals surface area contributed by atoms with Gasteiger partial charge in [-0.05, 0) is 25.2 Å². The minimum Gasteiger partial charge on any atom is -0.393 e. The zero-order valence-electron chi connectivity index (χ0n) is 8.66. The molecule has 0 saturated heterocycles. The maximum atomic E-state index is 10.8. The minimum atomic E-state index is -2.92. The summed E-state index contributed by atoms with van der Waals surface area (Å²) >= 11 is 0. The molecule has 0 radical (unpaired) electrons. The number of aliphatic hydroxyl groups excluding tert-OH is 1. The van der Waals surface area contributed by atoms with Crippen LogP contribution in [0, 0.1) is 5.92 Å². The second-order valence-electron chi connectivity index (χ2n) is 4.04. The summed E-state index contributed by atoms with van der Waals surface area (Å²) in [5.41, 5.74) is 0. The third-order valence-corrected chi connectivity index (χ3v) is 2.88. The van der Waals surface area contributed by atoms with Crippen molar-refractivity contribution < 1.29 is 13.5 Å². The fourth-order valence-electron chi connectivity index (χ4n) is 1.02. The molecule has 0 amide bonds. The number of rotatable bonds is 6. The van der Waals surface area contributed by atoms with Crippen LogP contribution in [0.2, 0.25) is 0 Å². The van der Waals surface area contributed by atoms with Gasteiger partial charge in [0.1, 0.15) is 9.84 Å². The number of hydrogen-bond donors (Lipinski definition) is 1. The van der Waals surface area contributed by atoms with E-state index in [1.165, 1.54) is 6.26 Å². The van der Waals surface area contributed by atoms with Gasteiger partial charge in [-0.25, -0.2) is 8.42 Å². The first-order valence-electron chi connectivity index (χ1n) is 4.67. The average Bonchev–Trinajstić information content (AvgIpc) is 1.95. The Bertz CT molecular complexity index is 219. The van der Waals surface area contributed by atoms with Gasteiger partial charge < -0.3 is 5.11 Å². The molecular formula is C9H20O3S. The second kappa shape index (κ2) is 5.60. The molecule has 4 heteroatoms. The lowest BCUT2D eigenvalue weighted by molar-refractivity contribution is 0.153. The number of sulfone groups is 1. The highest BCUT2D eigenvalue weighted by atomic mass is 32.2. The van der Waals surface area contributed by atoms with Crippen molar-refractivity contribution in [2.24, 2.45) is 5.92 Å². The van der Waals surface area contributed by atoms with E-state index in [-0.39, 0.29) is 5.75 Å². The monoisotopic (exact) mass is 208 g/mol. The molecule has 80 valence electrons. The van der Waals surface area contributed by atoms with Crippen molar-refractivity contribution in [2.75, 3.05) is 12.0 Å². The molecule has 0 heterocycles. The molecule has 0 aliphatic heterocycles. The van der Waals surface area contributed by atoms with Gasteiger partial charge in [-0.1, -0.05) is 13.8 Å². The smallest absolute Gasteiger partial charge is 0.147 e. The van der Waals surface area contributed by atoms with Crippen molar-refractivity contribution in [1.29, 1.82) is 0 Å². The molecule has 0 aromatic rings. The summed E-state index contributed by atoms with van der Waals surface area (Å²) in [4.78, 5) is 0. The average molecular weight is 208 g/mol. The molecule has 1 N–H and O–H groups in total. The van der Waals surface area contributed by atoms with E-state index in [1.807, 2.05) is 0 Å². The van der Waals surface area contributed by atoms with Crippen LogP contribution in [0.15, 0.2) is 0 Å². The molecule has 0 fully saturated rings. The fraction of sp³-hybridized carbons (Fsp3) is 1.00. The maximum Gasteiger partial charge on any atom is 0.147 e. The van der Waals surface area contributed by atoms with E-state index in [4.69, 9.17) is 0 Å². The Morgan fingerprint density at radius 2 is 1.69 bits per heavy atom. The number of aliphatic hydroxyl groups is 1. The van der Waals surface area contributed by atoms with E-state index < -0.39 is 15.9 Å². The molecular weight excluding hydrogens is 188 g/mol. The third kappa shape index (κ3) is 9.83. The van der Waals surface area contributed by atoms with E-state index in [0.29, 0.717) is 18.8 Å². The molecule has 0 spiro atoms. The molecule has 0 bridgehead atoms. The van der Waals surface area contributed by atoms with Crippen LogP contribution in [0.3, 0.4) is 0 Å². The molecule has 13 heavy (non-hydrogen) atoms. The van der Waals surface area contributed by atoms with Crippen LogP contribution in [0.1, 0.15) is 33.1 Å². The lowest BCUT2D eigenvalue weighted by atomic mass is 10.0. The molecule has 0 aliphatic rings. The van der Waals surface area contributed by atoms with Crippen molar-refractivity contribution in [3.05, 3.63) is 0 Å². The Labute approximate surface area is 81.1 Å². The summed E-state index contributed by atoms with van der Waals surface area (Å²) in [6, 6.07) is 0.